The molecule has 34 heavy (non-hydrogen) atoms. The third kappa shape index (κ3) is 5.28. The van der Waals surface area contributed by atoms with Crippen LogP contribution < -0.4 is 5.32 Å². The second kappa shape index (κ2) is 9.94. The lowest BCUT2D eigenvalue weighted by Crippen LogP contribution is -2.45. The number of alkyl halides is 3. The summed E-state index contributed by atoms with van der Waals surface area (Å²) in [7, 11) is -1.52. The van der Waals surface area contributed by atoms with Gasteiger partial charge in [-0.3, -0.25) is 14.8 Å². The minimum atomic E-state index is -4.62. The molecule has 4 rings (SSSR count). The van der Waals surface area contributed by atoms with Gasteiger partial charge in [0.15, 0.2) is 0 Å². The zero-order chi connectivity index (χ0) is 24.3. The molecule has 0 bridgehead atoms. The first kappa shape index (κ1) is 23.9. The molecule has 3 aromatic heterocycles. The van der Waals surface area contributed by atoms with E-state index in [0.29, 0.717) is 28.1 Å². The minimum Gasteiger partial charge on any atom is -0.351 e. The second-order valence-electron chi connectivity index (χ2n) is 7.80. The van der Waals surface area contributed by atoms with Crippen LogP contribution in [-0.2, 0) is 28.5 Å². The van der Waals surface area contributed by atoms with Gasteiger partial charge >= 0.3 is 6.18 Å². The molecule has 0 spiro atoms. The zero-order valence-electron chi connectivity index (χ0n) is 18.1. The van der Waals surface area contributed by atoms with Crippen molar-refractivity contribution >= 4 is 16.9 Å². The van der Waals surface area contributed by atoms with Crippen LogP contribution in [-0.4, -0.2) is 46.4 Å². The SMILES string of the molecule is C[C@H]1CC[C@@H](C(=O)NCc2ccnc(-c3cnc(C(F)(F)F)nc3)c2)N1S(=O)c1cccnc1. The quantitative estimate of drug-likeness (QED) is 0.570. The highest BCUT2D eigenvalue weighted by molar-refractivity contribution is 7.82. The van der Waals surface area contributed by atoms with Gasteiger partial charge in [0.1, 0.15) is 17.0 Å². The van der Waals surface area contributed by atoms with E-state index in [9.17, 15) is 22.2 Å². The van der Waals surface area contributed by atoms with Crippen LogP contribution in [0.15, 0.2) is 60.1 Å². The number of nitrogens with one attached hydrogen (secondary N) is 1. The van der Waals surface area contributed by atoms with Gasteiger partial charge in [-0.15, -0.1) is 0 Å². The van der Waals surface area contributed by atoms with Crippen LogP contribution in [0, 0.1) is 0 Å². The largest absolute Gasteiger partial charge is 0.451 e. The third-order valence-electron chi connectivity index (χ3n) is 5.42. The van der Waals surface area contributed by atoms with Gasteiger partial charge in [-0.25, -0.2) is 18.5 Å². The van der Waals surface area contributed by atoms with E-state index < -0.39 is 29.0 Å². The second-order valence-corrected chi connectivity index (χ2v) is 9.19. The number of nitrogens with zero attached hydrogens (tertiary/aromatic N) is 5. The summed E-state index contributed by atoms with van der Waals surface area (Å²) in [5.74, 6) is -1.48. The lowest BCUT2D eigenvalue weighted by atomic mass is 10.1. The van der Waals surface area contributed by atoms with Gasteiger partial charge in [0.2, 0.25) is 11.7 Å². The molecule has 3 aromatic rings. The van der Waals surface area contributed by atoms with Crippen molar-refractivity contribution in [2.24, 2.45) is 0 Å². The van der Waals surface area contributed by atoms with E-state index >= 15 is 0 Å². The Hall–Kier alpha value is -3.25. The van der Waals surface area contributed by atoms with Crippen molar-refractivity contribution in [3.05, 3.63) is 66.6 Å². The van der Waals surface area contributed by atoms with Crippen molar-refractivity contribution in [3.8, 4) is 11.3 Å². The number of pyridine rings is 2. The topological polar surface area (TPSA) is 101 Å². The molecule has 12 heteroatoms. The summed E-state index contributed by atoms with van der Waals surface area (Å²) in [5, 5.41) is 2.87. The Morgan fingerprint density at radius 2 is 1.91 bits per heavy atom. The Balaban J connectivity index is 1.43. The normalized spacial score (nSPS) is 19.6. The van der Waals surface area contributed by atoms with E-state index in [-0.39, 0.29) is 18.5 Å². The maximum Gasteiger partial charge on any atom is 0.451 e. The maximum atomic E-state index is 13.1. The van der Waals surface area contributed by atoms with E-state index in [1.807, 2.05) is 6.92 Å². The summed E-state index contributed by atoms with van der Waals surface area (Å²) < 4.78 is 52.8. The molecule has 0 radical (unpaired) electrons. The molecule has 4 heterocycles. The average molecular weight is 491 g/mol. The highest BCUT2D eigenvalue weighted by atomic mass is 32.2. The fraction of sp³-hybridized carbons (Fsp3) is 0.318. The predicted octanol–water partition coefficient (Wildman–Crippen LogP) is 3.14. The number of amides is 1. The van der Waals surface area contributed by atoms with E-state index in [0.717, 1.165) is 18.8 Å². The highest BCUT2D eigenvalue weighted by Gasteiger charge is 2.39. The number of carbonyl (C=O) groups excluding carboxylic acids is 1. The van der Waals surface area contributed by atoms with Gasteiger partial charge in [-0.2, -0.15) is 13.2 Å². The Morgan fingerprint density at radius 3 is 2.59 bits per heavy atom. The molecule has 178 valence electrons. The fourth-order valence-corrected chi connectivity index (χ4v) is 5.17. The summed E-state index contributed by atoms with van der Waals surface area (Å²) in [6.07, 6.45) is 3.43. The Kier molecular flexibility index (Phi) is 6.98. The summed E-state index contributed by atoms with van der Waals surface area (Å²) in [6, 6.07) is 6.16. The number of carbonyl (C=O) groups is 1. The van der Waals surface area contributed by atoms with Gasteiger partial charge in [0.25, 0.3) is 0 Å². The van der Waals surface area contributed by atoms with Crippen LogP contribution in [0.1, 0.15) is 31.2 Å². The summed E-state index contributed by atoms with van der Waals surface area (Å²) in [6.45, 7) is 2.11. The molecule has 1 aliphatic heterocycles. The van der Waals surface area contributed by atoms with Crippen LogP contribution in [0.5, 0.6) is 0 Å². The number of halogens is 3. The van der Waals surface area contributed by atoms with Gasteiger partial charge in [0.05, 0.1) is 10.6 Å². The number of aromatic nitrogens is 4. The molecular formula is C22H21F3N6O2S. The van der Waals surface area contributed by atoms with Crippen LogP contribution in [0.25, 0.3) is 11.3 Å². The van der Waals surface area contributed by atoms with E-state index in [1.54, 1.807) is 34.8 Å². The first-order valence-electron chi connectivity index (χ1n) is 10.5. The molecule has 1 amide bonds. The molecule has 3 atom stereocenters. The molecule has 1 unspecified atom stereocenters. The molecular weight excluding hydrogens is 469 g/mol. The Bertz CT molecular complexity index is 1180. The van der Waals surface area contributed by atoms with E-state index in [2.05, 4.69) is 25.3 Å². The smallest absolute Gasteiger partial charge is 0.351 e. The van der Waals surface area contributed by atoms with Crippen LogP contribution in [0.2, 0.25) is 0 Å². The van der Waals surface area contributed by atoms with Gasteiger partial charge in [-0.1, -0.05) is 0 Å². The van der Waals surface area contributed by atoms with Crippen molar-refractivity contribution in [2.75, 3.05) is 0 Å². The van der Waals surface area contributed by atoms with Crippen molar-refractivity contribution in [1.82, 2.24) is 29.6 Å². The molecule has 1 fully saturated rings. The van der Waals surface area contributed by atoms with Gasteiger partial charge < -0.3 is 5.32 Å². The first-order chi connectivity index (χ1) is 16.2. The Labute approximate surface area is 196 Å². The standard InChI is InChI=1S/C22H21F3N6O2S/c1-14-4-5-19(31(14)34(33)17-3-2-7-26-13-17)20(32)28-10-15-6-8-27-18(9-15)16-11-29-21(30-12-16)22(23,24)25/h2-3,6-9,11-14,19H,4-5,10H2,1H3,(H,28,32)/t14-,19-,34?/m0/s1. The predicted molar refractivity (Wildman–Crippen MR) is 117 cm³/mol. The third-order valence-corrected chi connectivity index (χ3v) is 7.06. The maximum absolute atomic E-state index is 13.1. The molecule has 1 N–H and O–H groups in total. The molecule has 1 saturated heterocycles. The number of hydrogen-bond acceptors (Lipinski definition) is 6. The van der Waals surface area contributed by atoms with Crippen molar-refractivity contribution in [1.29, 1.82) is 0 Å². The summed E-state index contributed by atoms with van der Waals surface area (Å²) in [5.41, 5.74) is 1.40. The molecule has 0 saturated carbocycles. The fourth-order valence-electron chi connectivity index (χ4n) is 3.71. The van der Waals surface area contributed by atoms with E-state index in [1.165, 1.54) is 12.4 Å². The summed E-state index contributed by atoms with van der Waals surface area (Å²) >= 11 is 0. The lowest BCUT2D eigenvalue weighted by Gasteiger charge is -2.26. The molecule has 0 aromatic carbocycles. The lowest BCUT2D eigenvalue weighted by molar-refractivity contribution is -0.145. The van der Waals surface area contributed by atoms with Gasteiger partial charge in [-0.05, 0) is 49.6 Å². The molecule has 8 nitrogen and oxygen atoms in total. The van der Waals surface area contributed by atoms with Crippen molar-refractivity contribution < 1.29 is 22.2 Å². The molecule has 1 aliphatic rings. The van der Waals surface area contributed by atoms with Crippen molar-refractivity contribution in [2.45, 2.75) is 49.5 Å². The van der Waals surface area contributed by atoms with Crippen LogP contribution in [0.3, 0.4) is 0 Å². The van der Waals surface area contributed by atoms with Crippen molar-refractivity contribution in [3.63, 3.8) is 0 Å². The Morgan fingerprint density at radius 1 is 1.15 bits per heavy atom. The summed E-state index contributed by atoms with van der Waals surface area (Å²) in [4.78, 5) is 28.4. The van der Waals surface area contributed by atoms with Crippen LogP contribution >= 0.6 is 0 Å². The monoisotopic (exact) mass is 490 g/mol. The number of hydrogen-bond donors (Lipinski definition) is 1. The minimum absolute atomic E-state index is 0.0380. The van der Waals surface area contributed by atoms with Crippen LogP contribution in [0.4, 0.5) is 13.2 Å². The average Bonchev–Trinajstić information content (AvgIpc) is 3.23. The highest BCUT2D eigenvalue weighted by Crippen LogP contribution is 2.29. The zero-order valence-corrected chi connectivity index (χ0v) is 18.9. The van der Waals surface area contributed by atoms with Gasteiger partial charge in [0, 0.05) is 49.1 Å². The number of rotatable bonds is 6. The molecule has 0 aliphatic carbocycles. The van der Waals surface area contributed by atoms with E-state index in [4.69, 9.17) is 0 Å². The first-order valence-corrected chi connectivity index (χ1v) is 11.6.